The van der Waals surface area contributed by atoms with Crippen molar-refractivity contribution >= 4 is 23.3 Å². The number of primary amides is 1. The lowest BCUT2D eigenvalue weighted by Crippen LogP contribution is -2.39. The van der Waals surface area contributed by atoms with Crippen molar-refractivity contribution in [1.29, 1.82) is 0 Å². The molecule has 4 aliphatic heterocycles. The number of amidine groups is 2. The number of morpholine rings is 1. The molecule has 1 aromatic heterocycles. The molecule has 0 spiro atoms. The average molecular weight is 562 g/mol. The third-order valence-corrected chi connectivity index (χ3v) is 8.15. The van der Waals surface area contributed by atoms with Gasteiger partial charge in [-0.2, -0.15) is 0 Å². The Hall–Kier alpha value is -3.54. The molecular formula is C30H39N7O4. The summed E-state index contributed by atoms with van der Waals surface area (Å²) in [6.07, 6.45) is 4.18. The van der Waals surface area contributed by atoms with E-state index in [9.17, 15) is 4.79 Å². The van der Waals surface area contributed by atoms with Gasteiger partial charge < -0.3 is 29.7 Å². The van der Waals surface area contributed by atoms with Gasteiger partial charge in [-0.05, 0) is 56.6 Å². The molecule has 218 valence electrons. The van der Waals surface area contributed by atoms with Crippen molar-refractivity contribution < 1.29 is 19.0 Å². The highest BCUT2D eigenvalue weighted by Gasteiger charge is 2.35. The highest BCUT2D eigenvalue weighted by Crippen LogP contribution is 2.44. The van der Waals surface area contributed by atoms with Crippen LogP contribution in [0.5, 0.6) is 11.5 Å². The van der Waals surface area contributed by atoms with E-state index in [4.69, 9.17) is 34.9 Å². The first-order valence-corrected chi connectivity index (χ1v) is 14.7. The number of rotatable bonds is 11. The van der Waals surface area contributed by atoms with Crippen LogP contribution in [0.1, 0.15) is 46.6 Å². The molecule has 0 aliphatic carbocycles. The van der Waals surface area contributed by atoms with E-state index < -0.39 is 5.91 Å². The number of hydrogen-bond acceptors (Lipinski definition) is 10. The number of methoxy groups -OCH3 is 1. The molecule has 1 aromatic carbocycles. The van der Waals surface area contributed by atoms with E-state index in [0.29, 0.717) is 54.0 Å². The van der Waals surface area contributed by atoms with Crippen molar-refractivity contribution in [3.05, 3.63) is 46.8 Å². The second kappa shape index (κ2) is 12.5. The van der Waals surface area contributed by atoms with Crippen LogP contribution < -0.4 is 15.2 Å². The van der Waals surface area contributed by atoms with Crippen LogP contribution in [0.4, 0.5) is 5.69 Å². The van der Waals surface area contributed by atoms with Gasteiger partial charge in [-0.15, -0.1) is 0 Å². The van der Waals surface area contributed by atoms with Gasteiger partial charge in [0.1, 0.15) is 17.2 Å². The number of nitrogens with zero attached hydrogens (tertiary/aromatic N) is 6. The molecule has 2 N–H and O–H groups in total. The minimum absolute atomic E-state index is 0.345. The summed E-state index contributed by atoms with van der Waals surface area (Å²) < 4.78 is 17.5. The van der Waals surface area contributed by atoms with Crippen LogP contribution >= 0.6 is 0 Å². The van der Waals surface area contributed by atoms with Gasteiger partial charge in [0, 0.05) is 50.4 Å². The minimum atomic E-state index is -0.533. The first-order valence-electron chi connectivity index (χ1n) is 14.7. The van der Waals surface area contributed by atoms with E-state index >= 15 is 0 Å². The Labute approximate surface area is 241 Å². The van der Waals surface area contributed by atoms with Gasteiger partial charge in [-0.3, -0.25) is 14.7 Å². The number of aliphatic imine (C=N–C) groups is 2. The predicted molar refractivity (Wildman–Crippen MR) is 157 cm³/mol. The molecule has 0 radical (unpaired) electrons. The number of likely N-dealkylation sites (tertiary alicyclic amines) is 1. The van der Waals surface area contributed by atoms with E-state index in [1.54, 1.807) is 13.2 Å². The molecule has 1 amide bonds. The molecule has 2 saturated heterocycles. The van der Waals surface area contributed by atoms with Crippen molar-refractivity contribution in [3.63, 3.8) is 0 Å². The number of fused-ring (bicyclic) bond motifs is 3. The molecule has 6 rings (SSSR count). The molecule has 2 fully saturated rings. The number of carbonyl (C=O) groups is 1. The van der Waals surface area contributed by atoms with Crippen molar-refractivity contribution in [1.82, 2.24) is 19.7 Å². The summed E-state index contributed by atoms with van der Waals surface area (Å²) in [5.41, 5.74) is 9.07. The third-order valence-electron chi connectivity index (χ3n) is 8.15. The van der Waals surface area contributed by atoms with Gasteiger partial charge in [0.25, 0.3) is 5.91 Å². The maximum Gasteiger partial charge on any atom is 0.251 e. The summed E-state index contributed by atoms with van der Waals surface area (Å²) in [6, 6.07) is 7.60. The quantitative estimate of drug-likeness (QED) is 0.415. The molecule has 11 nitrogen and oxygen atoms in total. The molecule has 0 bridgehead atoms. The molecule has 2 aromatic rings. The fourth-order valence-corrected chi connectivity index (χ4v) is 5.97. The number of hydrogen-bond donors (Lipinski definition) is 1. The Morgan fingerprint density at radius 1 is 1.00 bits per heavy atom. The lowest BCUT2D eigenvalue weighted by molar-refractivity contribution is 0.0357. The van der Waals surface area contributed by atoms with Crippen LogP contribution in [0.3, 0.4) is 0 Å². The van der Waals surface area contributed by atoms with Gasteiger partial charge in [-0.25, -0.2) is 9.98 Å². The molecule has 0 atom stereocenters. The van der Waals surface area contributed by atoms with E-state index in [0.717, 1.165) is 82.4 Å². The largest absolute Gasteiger partial charge is 0.491 e. The first kappa shape index (κ1) is 27.6. The lowest BCUT2D eigenvalue weighted by atomic mass is 10.0. The third kappa shape index (κ3) is 5.93. The summed E-state index contributed by atoms with van der Waals surface area (Å²) in [6.45, 7) is 9.46. The lowest BCUT2D eigenvalue weighted by Gasteiger charge is -2.29. The highest BCUT2D eigenvalue weighted by molar-refractivity contribution is 6.22. The normalized spacial score (nSPS) is 19.0. The Balaban J connectivity index is 1.29. The number of aromatic nitrogens is 1. The van der Waals surface area contributed by atoms with Crippen LogP contribution in [-0.4, -0.2) is 117 Å². The maximum atomic E-state index is 12.5. The van der Waals surface area contributed by atoms with Crippen molar-refractivity contribution in [3.8, 4) is 11.5 Å². The van der Waals surface area contributed by atoms with E-state index in [-0.39, 0.29) is 0 Å². The summed E-state index contributed by atoms with van der Waals surface area (Å²) in [5.74, 6) is 2.00. The van der Waals surface area contributed by atoms with Gasteiger partial charge >= 0.3 is 0 Å². The van der Waals surface area contributed by atoms with E-state index in [1.807, 2.05) is 23.1 Å². The SMILES string of the molecule is COc1c(OCCCN2CCOCC2)ccc2c1N=C(c1nc(CCN3CCCC3)ccc1C(N)=O)N1CCN=C21. The molecule has 5 heterocycles. The minimum Gasteiger partial charge on any atom is -0.491 e. The fourth-order valence-electron chi connectivity index (χ4n) is 5.97. The number of benzene rings is 1. The average Bonchev–Trinajstić information content (AvgIpc) is 3.71. The second-order valence-electron chi connectivity index (χ2n) is 10.8. The van der Waals surface area contributed by atoms with Crippen LogP contribution in [0.25, 0.3) is 0 Å². The predicted octanol–water partition coefficient (Wildman–Crippen LogP) is 2.08. The van der Waals surface area contributed by atoms with Gasteiger partial charge in [0.2, 0.25) is 0 Å². The van der Waals surface area contributed by atoms with E-state index in [1.165, 1.54) is 12.8 Å². The number of ether oxygens (including phenoxy) is 3. The van der Waals surface area contributed by atoms with Gasteiger partial charge in [0.05, 0.1) is 39.0 Å². The number of nitrogens with two attached hydrogens (primary N) is 1. The van der Waals surface area contributed by atoms with Crippen LogP contribution in [0, 0.1) is 0 Å². The topological polar surface area (TPSA) is 118 Å². The Bertz CT molecular complexity index is 1330. The molecule has 0 saturated carbocycles. The Morgan fingerprint density at radius 3 is 2.59 bits per heavy atom. The van der Waals surface area contributed by atoms with Crippen molar-refractivity contribution in [2.75, 3.05) is 79.3 Å². The van der Waals surface area contributed by atoms with Crippen LogP contribution in [0.15, 0.2) is 34.3 Å². The Kier molecular flexibility index (Phi) is 8.45. The number of pyridine rings is 1. The summed E-state index contributed by atoms with van der Waals surface area (Å²) in [4.78, 5) is 34.2. The molecule has 0 unspecified atom stereocenters. The first-order chi connectivity index (χ1) is 20.1. The summed E-state index contributed by atoms with van der Waals surface area (Å²) in [5, 5.41) is 0. The zero-order valence-electron chi connectivity index (χ0n) is 23.8. The molecule has 4 aliphatic rings. The monoisotopic (exact) mass is 561 g/mol. The Morgan fingerprint density at radius 2 is 1.80 bits per heavy atom. The maximum absolute atomic E-state index is 12.5. The summed E-state index contributed by atoms with van der Waals surface area (Å²) in [7, 11) is 1.63. The number of amides is 1. The van der Waals surface area contributed by atoms with Crippen molar-refractivity contribution in [2.24, 2.45) is 15.7 Å². The zero-order valence-corrected chi connectivity index (χ0v) is 23.8. The second-order valence-corrected chi connectivity index (χ2v) is 10.8. The van der Waals surface area contributed by atoms with Gasteiger partial charge in [-0.1, -0.05) is 0 Å². The van der Waals surface area contributed by atoms with Crippen LogP contribution in [0.2, 0.25) is 0 Å². The molecule has 41 heavy (non-hydrogen) atoms. The molecular weight excluding hydrogens is 522 g/mol. The van der Waals surface area contributed by atoms with Crippen LogP contribution in [-0.2, 0) is 11.2 Å². The van der Waals surface area contributed by atoms with Crippen molar-refractivity contribution in [2.45, 2.75) is 25.7 Å². The highest BCUT2D eigenvalue weighted by atomic mass is 16.5. The van der Waals surface area contributed by atoms with E-state index in [2.05, 4.69) is 9.80 Å². The molecule has 11 heteroatoms. The van der Waals surface area contributed by atoms with Gasteiger partial charge in [0.15, 0.2) is 17.3 Å². The fraction of sp³-hybridized carbons (Fsp3) is 0.533. The standard InChI is InChI=1S/C30H39N7O4/c1-39-27-24(41-18-4-13-36-16-19-40-20-17-36)8-7-23-25(27)34-30(37-15-10-32-29(23)37)26-22(28(31)38)6-5-21(33-26)9-14-35-11-2-3-12-35/h5-8H,2-4,9-20H2,1H3,(H2,31,38). The zero-order chi connectivity index (χ0) is 28.2. The smallest absolute Gasteiger partial charge is 0.251 e. The summed E-state index contributed by atoms with van der Waals surface area (Å²) >= 11 is 0. The number of carbonyl (C=O) groups excluding carboxylic acids is 1.